The Hall–Kier alpha value is -4.67. The minimum atomic E-state index is -1.00. The zero-order valence-electron chi connectivity index (χ0n) is 22.5. The Morgan fingerprint density at radius 2 is 1.93 bits per heavy atom. The fourth-order valence-corrected chi connectivity index (χ4v) is 5.04. The SMILES string of the molecule is CCOc1ccc(C(C(=O)NC2CCCCC2)N(C(=O)c2ccco2)c2ccc(-n3cnnn3)c(OC)c2)cc1. The average Bonchev–Trinajstić information content (AvgIpc) is 3.72. The van der Waals surface area contributed by atoms with Crippen LogP contribution in [-0.4, -0.2) is 51.8 Å². The normalized spacial score (nSPS) is 14.3. The molecule has 2 aromatic heterocycles. The molecule has 5 rings (SSSR count). The Kier molecular flexibility index (Phi) is 8.38. The monoisotopic (exact) mass is 544 g/mol. The topological polar surface area (TPSA) is 125 Å². The van der Waals surface area contributed by atoms with Gasteiger partial charge in [-0.15, -0.1) is 5.10 Å². The van der Waals surface area contributed by atoms with E-state index in [1.807, 2.05) is 19.1 Å². The summed E-state index contributed by atoms with van der Waals surface area (Å²) in [6.07, 6.45) is 7.97. The Morgan fingerprint density at radius 1 is 1.12 bits per heavy atom. The van der Waals surface area contributed by atoms with Crippen molar-refractivity contribution in [2.45, 2.75) is 51.1 Å². The van der Waals surface area contributed by atoms with E-state index in [2.05, 4.69) is 20.8 Å². The summed E-state index contributed by atoms with van der Waals surface area (Å²) in [7, 11) is 1.52. The van der Waals surface area contributed by atoms with E-state index in [1.165, 1.54) is 29.3 Å². The molecule has 1 fully saturated rings. The van der Waals surface area contributed by atoms with Crippen molar-refractivity contribution in [3.63, 3.8) is 0 Å². The standard InChI is InChI=1S/C29H32N6O5/c1-3-39-23-14-11-20(12-15-23)27(28(36)31-21-8-5-4-6-9-21)35(29(37)25-10-7-17-40-25)22-13-16-24(26(18-22)38-2)34-19-30-32-33-34/h7,10-19,21,27H,3-6,8-9H2,1-2H3,(H,31,36). The van der Waals surface area contributed by atoms with Crippen molar-refractivity contribution < 1.29 is 23.5 Å². The first-order valence-electron chi connectivity index (χ1n) is 13.4. The van der Waals surface area contributed by atoms with Gasteiger partial charge in [-0.25, -0.2) is 0 Å². The summed E-state index contributed by atoms with van der Waals surface area (Å²) < 4.78 is 18.2. The van der Waals surface area contributed by atoms with Crippen LogP contribution in [0.1, 0.15) is 61.2 Å². The van der Waals surface area contributed by atoms with Crippen LogP contribution in [0, 0.1) is 0 Å². The van der Waals surface area contributed by atoms with Gasteiger partial charge in [0.05, 0.1) is 20.0 Å². The number of carbonyl (C=O) groups excluding carboxylic acids is 2. The maximum Gasteiger partial charge on any atom is 0.294 e. The van der Waals surface area contributed by atoms with E-state index in [0.717, 1.165) is 32.1 Å². The van der Waals surface area contributed by atoms with Crippen LogP contribution in [0.25, 0.3) is 5.69 Å². The summed E-state index contributed by atoms with van der Waals surface area (Å²) in [6, 6.07) is 14.6. The minimum Gasteiger partial charge on any atom is -0.494 e. The van der Waals surface area contributed by atoms with E-state index >= 15 is 0 Å². The van der Waals surface area contributed by atoms with Gasteiger partial charge in [0, 0.05) is 17.8 Å². The molecule has 1 aliphatic carbocycles. The molecule has 0 bridgehead atoms. The molecule has 1 atom stereocenters. The van der Waals surface area contributed by atoms with E-state index in [1.54, 1.807) is 42.5 Å². The van der Waals surface area contributed by atoms with Crippen molar-refractivity contribution in [1.29, 1.82) is 0 Å². The van der Waals surface area contributed by atoms with E-state index < -0.39 is 11.9 Å². The van der Waals surface area contributed by atoms with Gasteiger partial charge < -0.3 is 19.2 Å². The van der Waals surface area contributed by atoms with Gasteiger partial charge >= 0.3 is 0 Å². The van der Waals surface area contributed by atoms with E-state index in [-0.39, 0.29) is 17.7 Å². The largest absolute Gasteiger partial charge is 0.494 e. The second-order valence-corrected chi connectivity index (χ2v) is 9.51. The molecule has 1 unspecified atom stereocenters. The smallest absolute Gasteiger partial charge is 0.294 e. The van der Waals surface area contributed by atoms with Gasteiger partial charge in [-0.3, -0.25) is 14.5 Å². The number of methoxy groups -OCH3 is 1. The molecule has 0 spiro atoms. The number of amides is 2. The van der Waals surface area contributed by atoms with Gasteiger partial charge in [0.1, 0.15) is 29.6 Å². The third-order valence-corrected chi connectivity index (χ3v) is 6.95. The van der Waals surface area contributed by atoms with Crippen LogP contribution in [0.4, 0.5) is 5.69 Å². The summed E-state index contributed by atoms with van der Waals surface area (Å²) in [6.45, 7) is 2.42. The van der Waals surface area contributed by atoms with Gasteiger partial charge in [-0.05, 0) is 72.2 Å². The summed E-state index contributed by atoms with van der Waals surface area (Å²) in [5.41, 5.74) is 1.64. The highest BCUT2D eigenvalue weighted by Gasteiger charge is 2.36. The van der Waals surface area contributed by atoms with Crippen molar-refractivity contribution in [3.05, 3.63) is 78.5 Å². The lowest BCUT2D eigenvalue weighted by Gasteiger charge is -2.33. The van der Waals surface area contributed by atoms with Crippen molar-refractivity contribution in [2.75, 3.05) is 18.6 Å². The number of hydrogen-bond acceptors (Lipinski definition) is 8. The fraction of sp³-hybridized carbons (Fsp3) is 0.345. The second-order valence-electron chi connectivity index (χ2n) is 9.51. The number of hydrogen-bond donors (Lipinski definition) is 1. The number of aromatic nitrogens is 4. The van der Waals surface area contributed by atoms with Gasteiger partial charge in [-0.2, -0.15) is 4.68 Å². The molecular weight excluding hydrogens is 512 g/mol. The summed E-state index contributed by atoms with van der Waals surface area (Å²) in [5, 5.41) is 14.6. The Morgan fingerprint density at radius 3 is 2.58 bits per heavy atom. The average molecular weight is 545 g/mol. The zero-order chi connectivity index (χ0) is 27.9. The molecule has 0 saturated heterocycles. The lowest BCUT2D eigenvalue weighted by molar-refractivity contribution is -0.123. The zero-order valence-corrected chi connectivity index (χ0v) is 22.5. The van der Waals surface area contributed by atoms with Crippen LogP contribution in [0.2, 0.25) is 0 Å². The predicted molar refractivity (Wildman–Crippen MR) is 147 cm³/mol. The molecule has 0 radical (unpaired) electrons. The predicted octanol–water partition coefficient (Wildman–Crippen LogP) is 4.50. The first-order valence-corrected chi connectivity index (χ1v) is 13.4. The molecule has 0 aliphatic heterocycles. The van der Waals surface area contributed by atoms with E-state index in [4.69, 9.17) is 13.9 Å². The van der Waals surface area contributed by atoms with Crippen LogP contribution in [0.15, 0.2) is 71.6 Å². The molecule has 11 nitrogen and oxygen atoms in total. The van der Waals surface area contributed by atoms with Crippen molar-refractivity contribution in [2.24, 2.45) is 0 Å². The minimum absolute atomic E-state index is 0.0451. The molecule has 2 amide bonds. The van der Waals surface area contributed by atoms with Gasteiger partial charge in [0.25, 0.3) is 5.91 Å². The molecule has 2 aromatic carbocycles. The fourth-order valence-electron chi connectivity index (χ4n) is 5.04. The van der Waals surface area contributed by atoms with Crippen LogP contribution in [0.3, 0.4) is 0 Å². The number of rotatable bonds is 10. The number of anilines is 1. The van der Waals surface area contributed by atoms with Gasteiger partial charge in [-0.1, -0.05) is 31.4 Å². The first-order chi connectivity index (χ1) is 19.6. The molecule has 1 aliphatic rings. The summed E-state index contributed by atoms with van der Waals surface area (Å²) in [4.78, 5) is 29.6. The second kappa shape index (κ2) is 12.5. The van der Waals surface area contributed by atoms with Crippen LogP contribution >= 0.6 is 0 Å². The van der Waals surface area contributed by atoms with Gasteiger partial charge in [0.15, 0.2) is 5.76 Å². The molecule has 4 aromatic rings. The van der Waals surface area contributed by atoms with E-state index in [9.17, 15) is 9.59 Å². The van der Waals surface area contributed by atoms with Gasteiger partial charge in [0.2, 0.25) is 5.91 Å². The van der Waals surface area contributed by atoms with Crippen molar-refractivity contribution in [1.82, 2.24) is 25.5 Å². The van der Waals surface area contributed by atoms with Crippen LogP contribution in [-0.2, 0) is 4.79 Å². The third kappa shape index (κ3) is 5.83. The number of nitrogens with zero attached hydrogens (tertiary/aromatic N) is 5. The molecule has 11 heteroatoms. The number of tetrazole rings is 1. The number of ether oxygens (including phenoxy) is 2. The summed E-state index contributed by atoms with van der Waals surface area (Å²) in [5.74, 6) is 0.443. The molecule has 40 heavy (non-hydrogen) atoms. The maximum atomic E-state index is 14.1. The number of carbonyl (C=O) groups is 2. The number of furan rings is 1. The lowest BCUT2D eigenvalue weighted by Crippen LogP contribution is -2.47. The Balaban J connectivity index is 1.61. The quantitative estimate of drug-likeness (QED) is 0.309. The van der Waals surface area contributed by atoms with Crippen LogP contribution in [0.5, 0.6) is 11.5 Å². The molecule has 1 N–H and O–H groups in total. The Labute approximate surface area is 232 Å². The highest BCUT2D eigenvalue weighted by Crippen LogP contribution is 2.35. The van der Waals surface area contributed by atoms with E-state index in [0.29, 0.717) is 35.0 Å². The highest BCUT2D eigenvalue weighted by molar-refractivity contribution is 6.09. The number of benzene rings is 2. The Bertz CT molecular complexity index is 1400. The van der Waals surface area contributed by atoms with Crippen LogP contribution < -0.4 is 19.7 Å². The maximum absolute atomic E-state index is 14.1. The molecule has 1 saturated carbocycles. The lowest BCUT2D eigenvalue weighted by atomic mass is 9.94. The summed E-state index contributed by atoms with van der Waals surface area (Å²) >= 11 is 0. The number of nitrogens with one attached hydrogen (secondary N) is 1. The third-order valence-electron chi connectivity index (χ3n) is 6.95. The van der Waals surface area contributed by atoms with Crippen molar-refractivity contribution in [3.8, 4) is 17.2 Å². The van der Waals surface area contributed by atoms with Crippen molar-refractivity contribution >= 4 is 17.5 Å². The molecule has 2 heterocycles. The molecule has 208 valence electrons. The highest BCUT2D eigenvalue weighted by atomic mass is 16.5. The molecular formula is C29H32N6O5. The first kappa shape index (κ1) is 26.9.